The minimum Gasteiger partial charge on any atom is -0.330 e. The molecule has 2 aromatic rings. The predicted molar refractivity (Wildman–Crippen MR) is 66.2 cm³/mol. The Morgan fingerprint density at radius 1 is 1.18 bits per heavy atom. The van der Waals surface area contributed by atoms with Crippen molar-refractivity contribution >= 4 is 0 Å². The number of rotatable bonds is 4. The van der Waals surface area contributed by atoms with Crippen LogP contribution in [0.1, 0.15) is 16.7 Å². The maximum absolute atomic E-state index is 13.6. The number of benzene rings is 1. The minimum atomic E-state index is -0.172. The Labute approximate surface area is 100 Å². The van der Waals surface area contributed by atoms with E-state index in [1.807, 2.05) is 18.2 Å². The fourth-order valence-electron chi connectivity index (χ4n) is 1.81. The summed E-state index contributed by atoms with van der Waals surface area (Å²) in [5.41, 5.74) is 8.28. The predicted octanol–water partition coefficient (Wildman–Crippen LogP) is 2.31. The molecule has 0 radical (unpaired) electrons. The highest BCUT2D eigenvalue weighted by molar-refractivity contribution is 5.30. The van der Waals surface area contributed by atoms with Gasteiger partial charge in [0.2, 0.25) is 0 Å². The number of pyridine rings is 1. The molecule has 3 heteroatoms. The molecule has 0 aliphatic rings. The number of aromatic nitrogens is 1. The van der Waals surface area contributed by atoms with Crippen LogP contribution in [0.2, 0.25) is 0 Å². The second-order valence-electron chi connectivity index (χ2n) is 4.00. The van der Waals surface area contributed by atoms with Gasteiger partial charge in [0.05, 0.1) is 0 Å². The molecule has 2 rings (SSSR count). The van der Waals surface area contributed by atoms with Crippen LogP contribution < -0.4 is 5.73 Å². The molecule has 1 aromatic heterocycles. The Kier molecular flexibility index (Phi) is 3.83. The Morgan fingerprint density at radius 3 is 2.76 bits per heavy atom. The summed E-state index contributed by atoms with van der Waals surface area (Å²) in [5, 5.41) is 0. The van der Waals surface area contributed by atoms with E-state index in [0.717, 1.165) is 17.5 Å². The summed E-state index contributed by atoms with van der Waals surface area (Å²) < 4.78 is 13.6. The van der Waals surface area contributed by atoms with Crippen molar-refractivity contribution in [1.29, 1.82) is 0 Å². The second-order valence-corrected chi connectivity index (χ2v) is 4.00. The Morgan fingerprint density at radius 2 is 2.06 bits per heavy atom. The molecule has 0 unspecified atom stereocenters. The van der Waals surface area contributed by atoms with E-state index in [1.54, 1.807) is 18.5 Å². The highest BCUT2D eigenvalue weighted by atomic mass is 19.1. The van der Waals surface area contributed by atoms with Gasteiger partial charge in [-0.15, -0.1) is 0 Å². The fraction of sp³-hybridized carbons (Fsp3) is 0.214. The summed E-state index contributed by atoms with van der Waals surface area (Å²) in [5.74, 6) is -0.172. The lowest BCUT2D eigenvalue weighted by atomic mass is 10.0. The average molecular weight is 230 g/mol. The van der Waals surface area contributed by atoms with Crippen LogP contribution in [-0.2, 0) is 12.8 Å². The van der Waals surface area contributed by atoms with Crippen molar-refractivity contribution < 1.29 is 4.39 Å². The highest BCUT2D eigenvalue weighted by Crippen LogP contribution is 2.15. The zero-order chi connectivity index (χ0) is 12.1. The third-order valence-corrected chi connectivity index (χ3v) is 2.66. The summed E-state index contributed by atoms with van der Waals surface area (Å²) in [6.07, 6.45) is 4.82. The first kappa shape index (κ1) is 11.7. The van der Waals surface area contributed by atoms with Crippen LogP contribution in [-0.4, -0.2) is 11.5 Å². The molecule has 0 aliphatic heterocycles. The Balaban J connectivity index is 2.22. The van der Waals surface area contributed by atoms with E-state index in [1.165, 1.54) is 6.07 Å². The number of hydrogen-bond donors (Lipinski definition) is 1. The molecule has 2 N–H and O–H groups in total. The summed E-state index contributed by atoms with van der Waals surface area (Å²) in [6, 6.07) is 8.99. The van der Waals surface area contributed by atoms with Gasteiger partial charge in [-0.3, -0.25) is 4.98 Å². The first-order chi connectivity index (χ1) is 8.29. The van der Waals surface area contributed by atoms with Crippen molar-refractivity contribution in [1.82, 2.24) is 4.98 Å². The van der Waals surface area contributed by atoms with Crippen LogP contribution in [0.25, 0.3) is 0 Å². The molecule has 0 amide bonds. The standard InChI is InChI=1S/C14H15FN2/c15-14-4-3-11(5-6-16)8-13(14)9-12-2-1-7-17-10-12/h1-4,7-8,10H,5-6,9,16H2. The van der Waals surface area contributed by atoms with Gasteiger partial charge in [-0.1, -0.05) is 18.2 Å². The lowest BCUT2D eigenvalue weighted by Crippen LogP contribution is -2.04. The molecule has 1 heterocycles. The average Bonchev–Trinajstić information content (AvgIpc) is 2.35. The third-order valence-electron chi connectivity index (χ3n) is 2.66. The highest BCUT2D eigenvalue weighted by Gasteiger charge is 2.04. The molecule has 88 valence electrons. The largest absolute Gasteiger partial charge is 0.330 e. The van der Waals surface area contributed by atoms with E-state index < -0.39 is 0 Å². The zero-order valence-corrected chi connectivity index (χ0v) is 9.57. The molecule has 0 saturated carbocycles. The van der Waals surface area contributed by atoms with Crippen LogP contribution in [0.4, 0.5) is 4.39 Å². The Bertz CT molecular complexity index is 483. The van der Waals surface area contributed by atoms with E-state index in [0.29, 0.717) is 18.5 Å². The number of nitrogens with two attached hydrogens (primary N) is 1. The molecule has 0 aliphatic carbocycles. The van der Waals surface area contributed by atoms with Crippen LogP contribution in [0, 0.1) is 5.82 Å². The van der Waals surface area contributed by atoms with Gasteiger partial charge in [0.25, 0.3) is 0 Å². The van der Waals surface area contributed by atoms with E-state index in [-0.39, 0.29) is 5.82 Å². The van der Waals surface area contributed by atoms with E-state index in [4.69, 9.17) is 5.73 Å². The van der Waals surface area contributed by atoms with Crippen LogP contribution in [0.3, 0.4) is 0 Å². The summed E-state index contributed by atoms with van der Waals surface area (Å²) in [7, 11) is 0. The van der Waals surface area contributed by atoms with E-state index in [9.17, 15) is 4.39 Å². The smallest absolute Gasteiger partial charge is 0.126 e. The molecule has 0 fully saturated rings. The molecule has 2 nitrogen and oxygen atoms in total. The van der Waals surface area contributed by atoms with Gasteiger partial charge >= 0.3 is 0 Å². The van der Waals surface area contributed by atoms with Crippen molar-refractivity contribution in [3.05, 3.63) is 65.2 Å². The first-order valence-corrected chi connectivity index (χ1v) is 5.66. The fourth-order valence-corrected chi connectivity index (χ4v) is 1.81. The minimum absolute atomic E-state index is 0.172. The number of hydrogen-bond acceptors (Lipinski definition) is 2. The Hall–Kier alpha value is -1.74. The van der Waals surface area contributed by atoms with Crippen LogP contribution >= 0.6 is 0 Å². The third kappa shape index (κ3) is 3.11. The van der Waals surface area contributed by atoms with Gasteiger partial charge in [0.15, 0.2) is 0 Å². The SMILES string of the molecule is NCCc1ccc(F)c(Cc2cccnc2)c1. The van der Waals surface area contributed by atoms with Gasteiger partial charge in [-0.25, -0.2) is 4.39 Å². The first-order valence-electron chi connectivity index (χ1n) is 5.66. The topological polar surface area (TPSA) is 38.9 Å². The summed E-state index contributed by atoms with van der Waals surface area (Å²) in [6.45, 7) is 0.581. The van der Waals surface area contributed by atoms with Crippen LogP contribution in [0.15, 0.2) is 42.7 Å². The molecule has 0 spiro atoms. The normalized spacial score (nSPS) is 10.5. The molecular weight excluding hydrogens is 215 g/mol. The monoisotopic (exact) mass is 230 g/mol. The summed E-state index contributed by atoms with van der Waals surface area (Å²) >= 11 is 0. The molecule has 1 aromatic carbocycles. The zero-order valence-electron chi connectivity index (χ0n) is 9.57. The second kappa shape index (κ2) is 5.55. The van der Waals surface area contributed by atoms with Gasteiger partial charge < -0.3 is 5.73 Å². The van der Waals surface area contributed by atoms with E-state index in [2.05, 4.69) is 4.98 Å². The van der Waals surface area contributed by atoms with Crippen molar-refractivity contribution in [3.63, 3.8) is 0 Å². The molecule has 0 atom stereocenters. The van der Waals surface area contributed by atoms with Crippen LogP contribution in [0.5, 0.6) is 0 Å². The molecule has 17 heavy (non-hydrogen) atoms. The van der Waals surface area contributed by atoms with Crippen molar-refractivity contribution in [2.24, 2.45) is 5.73 Å². The van der Waals surface area contributed by atoms with Gasteiger partial charge in [0, 0.05) is 18.8 Å². The van der Waals surface area contributed by atoms with Gasteiger partial charge in [0.1, 0.15) is 5.82 Å². The van der Waals surface area contributed by atoms with Gasteiger partial charge in [-0.05, 0) is 41.8 Å². The maximum Gasteiger partial charge on any atom is 0.126 e. The van der Waals surface area contributed by atoms with Crippen molar-refractivity contribution in [2.75, 3.05) is 6.54 Å². The summed E-state index contributed by atoms with van der Waals surface area (Å²) in [4.78, 5) is 4.03. The molecule has 0 saturated heterocycles. The molecule has 0 bridgehead atoms. The maximum atomic E-state index is 13.6. The number of halogens is 1. The van der Waals surface area contributed by atoms with Gasteiger partial charge in [-0.2, -0.15) is 0 Å². The quantitative estimate of drug-likeness (QED) is 0.875. The lowest BCUT2D eigenvalue weighted by Gasteiger charge is -2.06. The van der Waals surface area contributed by atoms with Crippen molar-refractivity contribution in [2.45, 2.75) is 12.8 Å². The number of nitrogens with zero attached hydrogens (tertiary/aromatic N) is 1. The molecular formula is C14H15FN2. The lowest BCUT2D eigenvalue weighted by molar-refractivity contribution is 0.613. The van der Waals surface area contributed by atoms with Crippen molar-refractivity contribution in [3.8, 4) is 0 Å². The van der Waals surface area contributed by atoms with E-state index >= 15 is 0 Å².